The first kappa shape index (κ1) is 12.7. The lowest BCUT2D eigenvalue weighted by Gasteiger charge is -2.26. The average molecular weight is 226 g/mol. The van der Waals surface area contributed by atoms with Gasteiger partial charge in [0, 0.05) is 12.5 Å². The minimum Gasteiger partial charge on any atom is -0.512 e. The van der Waals surface area contributed by atoms with E-state index in [1.165, 1.54) is 0 Å². The summed E-state index contributed by atoms with van der Waals surface area (Å²) in [5.74, 6) is -1.57. The van der Waals surface area contributed by atoms with E-state index >= 15 is 0 Å². The number of allylic oxidation sites excluding steroid dienone is 2. The van der Waals surface area contributed by atoms with Gasteiger partial charge in [-0.15, -0.1) is 0 Å². The van der Waals surface area contributed by atoms with Gasteiger partial charge in [-0.1, -0.05) is 13.3 Å². The van der Waals surface area contributed by atoms with Gasteiger partial charge < -0.3 is 9.84 Å². The Bertz CT molecular complexity index is 306. The predicted molar refractivity (Wildman–Crippen MR) is 58.9 cm³/mol. The summed E-state index contributed by atoms with van der Waals surface area (Å²) in [4.78, 5) is 23.3. The Morgan fingerprint density at radius 1 is 1.56 bits per heavy atom. The van der Waals surface area contributed by atoms with Crippen LogP contribution in [0.3, 0.4) is 0 Å². The number of ether oxygens (including phenoxy) is 1. The number of esters is 1. The maximum atomic E-state index is 11.7. The van der Waals surface area contributed by atoms with Crippen LogP contribution in [0.4, 0.5) is 0 Å². The van der Waals surface area contributed by atoms with Crippen molar-refractivity contribution in [3.05, 3.63) is 11.8 Å². The third-order valence-corrected chi connectivity index (χ3v) is 2.76. The summed E-state index contributed by atoms with van der Waals surface area (Å²) >= 11 is 0. The number of hydrogen-bond acceptors (Lipinski definition) is 4. The molecule has 0 fully saturated rings. The van der Waals surface area contributed by atoms with Crippen LogP contribution in [0.25, 0.3) is 0 Å². The van der Waals surface area contributed by atoms with E-state index in [2.05, 4.69) is 0 Å². The van der Waals surface area contributed by atoms with E-state index < -0.39 is 11.9 Å². The van der Waals surface area contributed by atoms with Crippen LogP contribution in [0.15, 0.2) is 11.8 Å². The fourth-order valence-electron chi connectivity index (χ4n) is 2.11. The molecule has 0 amide bonds. The molecule has 0 aliphatic heterocycles. The molecule has 2 unspecified atom stereocenters. The van der Waals surface area contributed by atoms with E-state index in [1.54, 1.807) is 6.92 Å². The predicted octanol–water partition coefficient (Wildman–Crippen LogP) is 2.00. The minimum atomic E-state index is -0.726. The lowest BCUT2D eigenvalue weighted by Crippen LogP contribution is -2.35. The second-order valence-electron chi connectivity index (χ2n) is 4.02. The van der Waals surface area contributed by atoms with Crippen LogP contribution in [0.2, 0.25) is 0 Å². The van der Waals surface area contributed by atoms with Crippen LogP contribution in [0.1, 0.15) is 33.1 Å². The lowest BCUT2D eigenvalue weighted by atomic mass is 9.79. The molecule has 90 valence electrons. The van der Waals surface area contributed by atoms with Gasteiger partial charge in [0.1, 0.15) is 5.92 Å². The summed E-state index contributed by atoms with van der Waals surface area (Å²) in [6.07, 6.45) is 3.16. The molecule has 0 heterocycles. The molecule has 4 nitrogen and oxygen atoms in total. The summed E-state index contributed by atoms with van der Waals surface area (Å²) in [7, 11) is 0. The van der Waals surface area contributed by atoms with E-state index in [0.717, 1.165) is 18.9 Å². The van der Waals surface area contributed by atoms with Gasteiger partial charge in [0.25, 0.3) is 0 Å². The minimum absolute atomic E-state index is 0.0731. The Balaban J connectivity index is 2.84. The van der Waals surface area contributed by atoms with Crippen molar-refractivity contribution in [3.63, 3.8) is 0 Å². The standard InChI is InChI=1S/C12H18O4/c1-3-5-8-6-9(13)7-10(14)11(8)12(15)16-4-2/h7-8,11,13H,3-6H2,1-2H3. The molecular formula is C12H18O4. The highest BCUT2D eigenvalue weighted by molar-refractivity contribution is 6.06. The fraction of sp³-hybridized carbons (Fsp3) is 0.667. The molecular weight excluding hydrogens is 208 g/mol. The fourth-order valence-corrected chi connectivity index (χ4v) is 2.11. The molecule has 0 saturated carbocycles. The zero-order valence-corrected chi connectivity index (χ0v) is 9.73. The zero-order valence-electron chi connectivity index (χ0n) is 9.73. The third kappa shape index (κ3) is 2.84. The summed E-state index contributed by atoms with van der Waals surface area (Å²) in [5.41, 5.74) is 0. The number of ketones is 1. The summed E-state index contributed by atoms with van der Waals surface area (Å²) in [6.45, 7) is 3.98. The van der Waals surface area contributed by atoms with Gasteiger partial charge in [0.05, 0.1) is 12.4 Å². The van der Waals surface area contributed by atoms with E-state index in [4.69, 9.17) is 4.74 Å². The van der Waals surface area contributed by atoms with Crippen molar-refractivity contribution < 1.29 is 19.4 Å². The summed E-state index contributed by atoms with van der Waals surface area (Å²) in [5, 5.41) is 9.39. The highest BCUT2D eigenvalue weighted by atomic mass is 16.5. The SMILES string of the molecule is CCCC1CC(O)=CC(=O)C1C(=O)OCC. The molecule has 0 saturated heterocycles. The topological polar surface area (TPSA) is 63.6 Å². The second kappa shape index (κ2) is 5.68. The smallest absolute Gasteiger partial charge is 0.317 e. The first-order chi connectivity index (χ1) is 7.60. The highest BCUT2D eigenvalue weighted by Crippen LogP contribution is 2.30. The lowest BCUT2D eigenvalue weighted by molar-refractivity contribution is -0.153. The largest absolute Gasteiger partial charge is 0.512 e. The molecule has 2 atom stereocenters. The zero-order chi connectivity index (χ0) is 12.1. The van der Waals surface area contributed by atoms with Crippen molar-refractivity contribution in [1.82, 2.24) is 0 Å². The van der Waals surface area contributed by atoms with E-state index in [1.807, 2.05) is 6.92 Å². The van der Waals surface area contributed by atoms with Gasteiger partial charge in [-0.2, -0.15) is 0 Å². The quantitative estimate of drug-likeness (QED) is 0.588. The van der Waals surface area contributed by atoms with Gasteiger partial charge in [-0.3, -0.25) is 9.59 Å². The first-order valence-electron chi connectivity index (χ1n) is 5.70. The van der Waals surface area contributed by atoms with Gasteiger partial charge in [0.2, 0.25) is 0 Å². The van der Waals surface area contributed by atoms with Gasteiger partial charge in [-0.25, -0.2) is 0 Å². The molecule has 0 aromatic carbocycles. The van der Waals surface area contributed by atoms with E-state index in [9.17, 15) is 14.7 Å². The first-order valence-corrected chi connectivity index (χ1v) is 5.70. The molecule has 1 N–H and O–H groups in total. The van der Waals surface area contributed by atoms with E-state index in [-0.39, 0.29) is 24.1 Å². The number of carbonyl (C=O) groups excluding carboxylic acids is 2. The van der Waals surface area contributed by atoms with Crippen LogP contribution in [0, 0.1) is 11.8 Å². The van der Waals surface area contributed by atoms with Crippen LogP contribution >= 0.6 is 0 Å². The number of hydrogen-bond donors (Lipinski definition) is 1. The molecule has 1 aliphatic rings. The molecule has 4 heteroatoms. The monoisotopic (exact) mass is 226 g/mol. The van der Waals surface area contributed by atoms with Crippen LogP contribution in [-0.4, -0.2) is 23.5 Å². The second-order valence-corrected chi connectivity index (χ2v) is 4.02. The highest BCUT2D eigenvalue weighted by Gasteiger charge is 2.38. The van der Waals surface area contributed by atoms with Gasteiger partial charge in [0.15, 0.2) is 5.78 Å². The van der Waals surface area contributed by atoms with Crippen molar-refractivity contribution in [2.75, 3.05) is 6.61 Å². The Morgan fingerprint density at radius 3 is 2.81 bits per heavy atom. The summed E-state index contributed by atoms with van der Waals surface area (Å²) in [6, 6.07) is 0. The molecule has 0 bridgehead atoms. The van der Waals surface area contributed by atoms with Gasteiger partial charge >= 0.3 is 5.97 Å². The molecule has 16 heavy (non-hydrogen) atoms. The number of aliphatic hydroxyl groups is 1. The average Bonchev–Trinajstić information content (AvgIpc) is 2.17. The van der Waals surface area contributed by atoms with Crippen molar-refractivity contribution in [2.45, 2.75) is 33.1 Å². The Labute approximate surface area is 95.3 Å². The number of aliphatic hydroxyl groups excluding tert-OH is 1. The molecule has 1 aliphatic carbocycles. The van der Waals surface area contributed by atoms with Crippen molar-refractivity contribution in [1.29, 1.82) is 0 Å². The van der Waals surface area contributed by atoms with Crippen LogP contribution < -0.4 is 0 Å². The maximum absolute atomic E-state index is 11.7. The van der Waals surface area contributed by atoms with Crippen molar-refractivity contribution >= 4 is 11.8 Å². The molecule has 0 radical (unpaired) electrons. The molecule has 0 aromatic heterocycles. The normalized spacial score (nSPS) is 25.1. The van der Waals surface area contributed by atoms with Crippen molar-refractivity contribution in [2.24, 2.45) is 11.8 Å². The maximum Gasteiger partial charge on any atom is 0.317 e. The number of rotatable bonds is 4. The van der Waals surface area contributed by atoms with Crippen LogP contribution in [0.5, 0.6) is 0 Å². The van der Waals surface area contributed by atoms with Crippen LogP contribution in [-0.2, 0) is 14.3 Å². The Kier molecular flexibility index (Phi) is 4.52. The number of carbonyl (C=O) groups is 2. The van der Waals surface area contributed by atoms with E-state index in [0.29, 0.717) is 6.42 Å². The molecule has 1 rings (SSSR count). The molecule has 0 aromatic rings. The molecule has 0 spiro atoms. The summed E-state index contributed by atoms with van der Waals surface area (Å²) < 4.78 is 4.89. The Morgan fingerprint density at radius 2 is 2.25 bits per heavy atom. The Hall–Kier alpha value is -1.32. The third-order valence-electron chi connectivity index (χ3n) is 2.76. The van der Waals surface area contributed by atoms with Crippen molar-refractivity contribution in [3.8, 4) is 0 Å². The van der Waals surface area contributed by atoms with Gasteiger partial charge in [-0.05, 0) is 19.3 Å².